The number of ether oxygens (including phenoxy) is 1. The van der Waals surface area contributed by atoms with Gasteiger partial charge in [-0.15, -0.1) is 0 Å². The summed E-state index contributed by atoms with van der Waals surface area (Å²) in [6, 6.07) is 13.4. The lowest BCUT2D eigenvalue weighted by atomic mass is 9.86. The molecule has 2 aromatic carbocycles. The molecule has 0 spiro atoms. The molecule has 0 saturated heterocycles. The van der Waals surface area contributed by atoms with Crippen molar-refractivity contribution in [3.63, 3.8) is 0 Å². The topological polar surface area (TPSA) is 123 Å². The fourth-order valence-electron chi connectivity index (χ4n) is 4.46. The van der Waals surface area contributed by atoms with Crippen LogP contribution in [0.25, 0.3) is 16.8 Å². The molecule has 0 aliphatic heterocycles. The van der Waals surface area contributed by atoms with Crippen LogP contribution in [0.5, 0.6) is 5.75 Å². The highest BCUT2D eigenvalue weighted by atomic mass is 16.5. The zero-order chi connectivity index (χ0) is 25.9. The van der Waals surface area contributed by atoms with Crippen LogP contribution < -0.4 is 10.5 Å². The Morgan fingerprint density at radius 2 is 1.94 bits per heavy atom. The second kappa shape index (κ2) is 10.4. The van der Waals surface area contributed by atoms with Crippen LogP contribution in [0.3, 0.4) is 0 Å². The number of hydrogen-bond donors (Lipinski definition) is 3. The van der Waals surface area contributed by atoms with E-state index in [2.05, 4.69) is 4.98 Å². The van der Waals surface area contributed by atoms with Crippen molar-refractivity contribution in [2.24, 2.45) is 0 Å². The first-order chi connectivity index (χ1) is 17.2. The quantitative estimate of drug-likeness (QED) is 0.276. The van der Waals surface area contributed by atoms with Gasteiger partial charge < -0.3 is 20.7 Å². The molecule has 0 fully saturated rings. The van der Waals surface area contributed by atoms with Crippen LogP contribution in [-0.2, 0) is 16.8 Å². The van der Waals surface area contributed by atoms with Gasteiger partial charge in [-0.2, -0.15) is 0 Å². The zero-order valence-corrected chi connectivity index (χ0v) is 20.9. The number of nitrogens with zero attached hydrogens (tertiary/aromatic N) is 3. The summed E-state index contributed by atoms with van der Waals surface area (Å²) < 4.78 is 7.93. The molecule has 8 nitrogen and oxygen atoms in total. The number of nitrogen functional groups attached to an aromatic ring is 1. The van der Waals surface area contributed by atoms with Gasteiger partial charge >= 0.3 is 5.97 Å². The summed E-state index contributed by atoms with van der Waals surface area (Å²) in [6.45, 7) is 6.11. The van der Waals surface area contributed by atoms with Crippen molar-refractivity contribution in [1.29, 1.82) is 0 Å². The number of rotatable bonds is 10. The molecular weight excluding hydrogens is 456 g/mol. The summed E-state index contributed by atoms with van der Waals surface area (Å²) in [5.74, 6) is 0.900. The van der Waals surface area contributed by atoms with Gasteiger partial charge in [0.1, 0.15) is 34.2 Å². The van der Waals surface area contributed by atoms with Crippen LogP contribution in [0, 0.1) is 6.92 Å². The predicted octanol–water partition coefficient (Wildman–Crippen LogP) is 4.74. The Labute approximate surface area is 210 Å². The summed E-state index contributed by atoms with van der Waals surface area (Å²) in [5, 5.41) is 20.4. The van der Waals surface area contributed by atoms with E-state index >= 15 is 0 Å². The van der Waals surface area contributed by atoms with Crippen LogP contribution in [0.1, 0.15) is 55.6 Å². The maximum Gasteiger partial charge on any atom is 0.303 e. The normalized spacial score (nSPS) is 13.0. The highest BCUT2D eigenvalue weighted by molar-refractivity contribution is 5.88. The smallest absolute Gasteiger partial charge is 0.303 e. The third kappa shape index (κ3) is 5.04. The van der Waals surface area contributed by atoms with Gasteiger partial charge in [-0.1, -0.05) is 35.9 Å². The van der Waals surface area contributed by atoms with E-state index < -0.39 is 11.6 Å². The number of aromatic nitrogens is 3. The van der Waals surface area contributed by atoms with E-state index in [1.54, 1.807) is 13.1 Å². The Bertz CT molecular complexity index is 1390. The molecule has 4 N–H and O–H groups in total. The summed E-state index contributed by atoms with van der Waals surface area (Å²) in [5.41, 5.74) is 9.68. The SMILES string of the molecule is CCOc1cc(C(C)(O)c2cccc(C)c2)ccc1-c1nc(CCCCC(=O)O)n2ccnc(N)c12. The maximum absolute atomic E-state index is 11.5. The highest BCUT2D eigenvalue weighted by Gasteiger charge is 2.28. The molecule has 0 amide bonds. The summed E-state index contributed by atoms with van der Waals surface area (Å²) in [7, 11) is 0. The first kappa shape index (κ1) is 25.2. The predicted molar refractivity (Wildman–Crippen MR) is 139 cm³/mol. The Morgan fingerprint density at radius 3 is 2.67 bits per heavy atom. The van der Waals surface area contributed by atoms with Crippen molar-refractivity contribution in [3.05, 3.63) is 77.4 Å². The number of imidazole rings is 1. The fraction of sp³-hybridized carbons (Fsp3) is 0.321. The van der Waals surface area contributed by atoms with E-state index in [1.807, 2.05) is 66.9 Å². The minimum absolute atomic E-state index is 0.122. The molecule has 4 aromatic rings. The van der Waals surface area contributed by atoms with Gasteiger partial charge in [0.15, 0.2) is 0 Å². The Kier molecular flexibility index (Phi) is 7.26. The number of carbonyl (C=O) groups is 1. The average molecular weight is 489 g/mol. The number of unbranched alkanes of at least 4 members (excludes halogenated alkanes) is 1. The lowest BCUT2D eigenvalue weighted by Gasteiger charge is -2.26. The summed E-state index contributed by atoms with van der Waals surface area (Å²) >= 11 is 0. The number of hydrogen-bond acceptors (Lipinski definition) is 6. The third-order valence-corrected chi connectivity index (χ3v) is 6.38. The standard InChI is InChI=1S/C28H32N4O4/c1-4-36-22-17-20(28(3,35)19-9-7-8-18(2)16-19)12-13-21(22)25-26-27(29)30-14-15-32(26)23(31-25)10-5-6-11-24(33)34/h7-9,12-17,35H,4-6,10-11H2,1-3H3,(H2,29,30)(H,33,34). The molecule has 0 aliphatic rings. The molecule has 0 bridgehead atoms. The first-order valence-electron chi connectivity index (χ1n) is 12.1. The van der Waals surface area contributed by atoms with E-state index in [-0.39, 0.29) is 6.42 Å². The van der Waals surface area contributed by atoms with Crippen molar-refractivity contribution in [2.45, 2.75) is 52.1 Å². The van der Waals surface area contributed by atoms with Crippen LogP contribution in [0.2, 0.25) is 0 Å². The molecule has 8 heteroatoms. The monoisotopic (exact) mass is 488 g/mol. The van der Waals surface area contributed by atoms with E-state index in [0.29, 0.717) is 54.2 Å². The molecule has 1 unspecified atom stereocenters. The van der Waals surface area contributed by atoms with Crippen LogP contribution in [0.15, 0.2) is 54.9 Å². The number of benzene rings is 2. The minimum Gasteiger partial charge on any atom is -0.493 e. The van der Waals surface area contributed by atoms with Gasteiger partial charge in [-0.05, 0) is 56.9 Å². The van der Waals surface area contributed by atoms with Gasteiger partial charge in [-0.3, -0.25) is 9.20 Å². The van der Waals surface area contributed by atoms with Gasteiger partial charge in [0, 0.05) is 30.8 Å². The maximum atomic E-state index is 11.5. The van der Waals surface area contributed by atoms with Gasteiger partial charge in [0.2, 0.25) is 0 Å². The number of fused-ring (bicyclic) bond motifs is 1. The van der Waals surface area contributed by atoms with Crippen molar-refractivity contribution in [2.75, 3.05) is 12.3 Å². The number of carboxylic acid groups (broad SMARTS) is 1. The summed E-state index contributed by atoms with van der Waals surface area (Å²) in [6.07, 6.45) is 5.40. The Hall–Kier alpha value is -3.91. The number of aliphatic carboxylic acids is 1. The van der Waals surface area contributed by atoms with Crippen molar-refractivity contribution in [3.8, 4) is 17.0 Å². The van der Waals surface area contributed by atoms with Crippen molar-refractivity contribution < 1.29 is 19.7 Å². The number of nitrogens with two attached hydrogens (primary N) is 1. The third-order valence-electron chi connectivity index (χ3n) is 6.38. The van der Waals surface area contributed by atoms with Crippen LogP contribution in [0.4, 0.5) is 5.82 Å². The Morgan fingerprint density at radius 1 is 1.17 bits per heavy atom. The fourth-order valence-corrected chi connectivity index (χ4v) is 4.46. The number of aryl methyl sites for hydroxylation is 2. The molecule has 2 aromatic heterocycles. The molecule has 0 saturated carbocycles. The molecule has 1 atom stereocenters. The molecular formula is C28H32N4O4. The molecule has 36 heavy (non-hydrogen) atoms. The minimum atomic E-state index is -1.22. The largest absolute Gasteiger partial charge is 0.493 e. The van der Waals surface area contributed by atoms with E-state index in [9.17, 15) is 9.90 Å². The highest BCUT2D eigenvalue weighted by Crippen LogP contribution is 2.39. The molecule has 2 heterocycles. The second-order valence-electron chi connectivity index (χ2n) is 9.09. The van der Waals surface area contributed by atoms with Gasteiger partial charge in [0.05, 0.1) is 6.61 Å². The molecule has 0 aliphatic carbocycles. The van der Waals surface area contributed by atoms with Crippen LogP contribution >= 0.6 is 0 Å². The van der Waals surface area contributed by atoms with E-state index in [0.717, 1.165) is 22.5 Å². The number of anilines is 1. The zero-order valence-electron chi connectivity index (χ0n) is 20.9. The lowest BCUT2D eigenvalue weighted by molar-refractivity contribution is -0.137. The van der Waals surface area contributed by atoms with Crippen LogP contribution in [-0.4, -0.2) is 37.2 Å². The number of aliphatic hydroxyl groups is 1. The second-order valence-corrected chi connectivity index (χ2v) is 9.09. The van der Waals surface area contributed by atoms with Gasteiger partial charge in [-0.25, -0.2) is 9.97 Å². The van der Waals surface area contributed by atoms with Gasteiger partial charge in [0.25, 0.3) is 0 Å². The van der Waals surface area contributed by atoms with E-state index in [1.165, 1.54) is 0 Å². The molecule has 0 radical (unpaired) electrons. The average Bonchev–Trinajstić information content (AvgIpc) is 3.21. The first-order valence-corrected chi connectivity index (χ1v) is 12.1. The summed E-state index contributed by atoms with van der Waals surface area (Å²) in [4.78, 5) is 20.0. The lowest BCUT2D eigenvalue weighted by Crippen LogP contribution is -2.23. The van der Waals surface area contributed by atoms with Crippen molar-refractivity contribution in [1.82, 2.24) is 14.4 Å². The van der Waals surface area contributed by atoms with Crippen molar-refractivity contribution >= 4 is 17.3 Å². The Balaban J connectivity index is 1.78. The molecule has 4 rings (SSSR count). The number of carboxylic acids is 1. The molecule has 188 valence electrons. The van der Waals surface area contributed by atoms with E-state index in [4.69, 9.17) is 20.6 Å².